The van der Waals surface area contributed by atoms with E-state index in [0.29, 0.717) is 29.2 Å². The number of nitrogens with zero attached hydrogens (tertiary/aromatic N) is 2. The fraction of sp³-hybridized carbons (Fsp3) is 0.500. The second kappa shape index (κ2) is 3.94. The van der Waals surface area contributed by atoms with Crippen LogP contribution in [0.3, 0.4) is 0 Å². The molecule has 114 valence electrons. The van der Waals surface area contributed by atoms with Gasteiger partial charge < -0.3 is 4.98 Å². The summed E-state index contributed by atoms with van der Waals surface area (Å²) in [7, 11) is 0. The zero-order chi connectivity index (χ0) is 15.7. The summed E-state index contributed by atoms with van der Waals surface area (Å²) in [5.41, 5.74) is 0.642. The Labute approximate surface area is 127 Å². The molecule has 2 aliphatic rings. The molecule has 1 aromatic carbocycles. The van der Waals surface area contributed by atoms with Crippen LogP contribution in [-0.4, -0.2) is 20.7 Å². The van der Waals surface area contributed by atoms with Gasteiger partial charge in [0.25, 0.3) is 5.69 Å². The summed E-state index contributed by atoms with van der Waals surface area (Å²) >= 11 is 0. The number of carbonyl (C=O) groups is 1. The van der Waals surface area contributed by atoms with E-state index < -0.39 is 10.3 Å². The van der Waals surface area contributed by atoms with E-state index in [2.05, 4.69) is 23.8 Å². The van der Waals surface area contributed by atoms with Crippen molar-refractivity contribution in [1.29, 1.82) is 0 Å². The first-order valence-electron chi connectivity index (χ1n) is 7.54. The second-order valence-corrected chi connectivity index (χ2v) is 7.03. The molecule has 2 unspecified atom stereocenters. The first-order valence-corrected chi connectivity index (χ1v) is 7.54. The minimum Gasteiger partial charge on any atom is -0.341 e. The molecule has 2 aromatic rings. The Morgan fingerprint density at radius 1 is 1.41 bits per heavy atom. The van der Waals surface area contributed by atoms with Crippen LogP contribution < -0.4 is 0 Å². The number of hydrogen-bond donors (Lipinski definition) is 1. The van der Waals surface area contributed by atoms with E-state index in [-0.39, 0.29) is 16.9 Å². The number of H-pyrrole nitrogens is 1. The van der Waals surface area contributed by atoms with Crippen LogP contribution in [0.25, 0.3) is 11.0 Å². The number of aromatic amines is 1. The van der Waals surface area contributed by atoms with Crippen LogP contribution in [0, 0.1) is 21.4 Å². The number of Topliss-reactive ketones (excluding diaryl/α,β-unsaturated/α-hetero) is 1. The maximum atomic E-state index is 12.7. The number of non-ortho nitro benzene ring substituents is 1. The molecule has 1 aromatic heterocycles. The Hall–Kier alpha value is -2.24. The average molecular weight is 299 g/mol. The van der Waals surface area contributed by atoms with Gasteiger partial charge in [0, 0.05) is 18.6 Å². The van der Waals surface area contributed by atoms with Gasteiger partial charge in [-0.3, -0.25) is 14.9 Å². The lowest BCUT2D eigenvalue weighted by Gasteiger charge is -2.34. The molecule has 0 saturated heterocycles. The number of hydrogen-bond acceptors (Lipinski definition) is 4. The molecule has 2 fully saturated rings. The van der Waals surface area contributed by atoms with E-state index >= 15 is 0 Å². The maximum absolute atomic E-state index is 12.7. The summed E-state index contributed by atoms with van der Waals surface area (Å²) in [6.45, 7) is 4.29. The molecule has 0 aliphatic heterocycles. The summed E-state index contributed by atoms with van der Waals surface area (Å²) < 4.78 is 0. The molecular weight excluding hydrogens is 282 g/mol. The van der Waals surface area contributed by atoms with E-state index in [1.54, 1.807) is 6.07 Å². The average Bonchev–Trinajstić information content (AvgIpc) is 3.04. The molecule has 0 spiro atoms. The largest absolute Gasteiger partial charge is 0.341 e. The molecule has 6 heteroatoms. The quantitative estimate of drug-likeness (QED) is 0.681. The molecule has 2 aliphatic carbocycles. The topological polar surface area (TPSA) is 88.9 Å². The highest BCUT2D eigenvalue weighted by Crippen LogP contribution is 2.64. The van der Waals surface area contributed by atoms with Gasteiger partial charge in [0.05, 0.1) is 21.4 Å². The van der Waals surface area contributed by atoms with Crippen molar-refractivity contribution in [3.63, 3.8) is 0 Å². The minimum atomic E-state index is -0.564. The fourth-order valence-electron chi connectivity index (χ4n) is 4.55. The molecular formula is C16H17N3O3. The van der Waals surface area contributed by atoms with Gasteiger partial charge in [-0.05, 0) is 30.2 Å². The van der Waals surface area contributed by atoms with Gasteiger partial charge in [0.2, 0.25) is 0 Å². The van der Waals surface area contributed by atoms with Gasteiger partial charge in [0.1, 0.15) is 11.6 Å². The van der Waals surface area contributed by atoms with E-state index in [9.17, 15) is 14.9 Å². The van der Waals surface area contributed by atoms with Gasteiger partial charge in [-0.15, -0.1) is 0 Å². The molecule has 1 N–H and O–H groups in total. The first-order chi connectivity index (χ1) is 10.4. The van der Waals surface area contributed by atoms with Crippen molar-refractivity contribution in [3.8, 4) is 0 Å². The molecule has 0 radical (unpaired) electrons. The number of benzene rings is 1. The van der Waals surface area contributed by atoms with Crippen molar-refractivity contribution in [1.82, 2.24) is 9.97 Å². The number of carbonyl (C=O) groups excluding carboxylic acids is 1. The van der Waals surface area contributed by atoms with Gasteiger partial charge >= 0.3 is 0 Å². The van der Waals surface area contributed by atoms with Crippen LogP contribution >= 0.6 is 0 Å². The van der Waals surface area contributed by atoms with E-state index in [4.69, 9.17) is 0 Å². The van der Waals surface area contributed by atoms with E-state index in [0.717, 1.165) is 12.8 Å². The Balaban J connectivity index is 1.91. The van der Waals surface area contributed by atoms with Crippen LogP contribution in [0.15, 0.2) is 18.2 Å². The van der Waals surface area contributed by atoms with Crippen molar-refractivity contribution in [2.45, 2.75) is 38.5 Å². The number of aromatic nitrogens is 2. The van der Waals surface area contributed by atoms with Gasteiger partial charge in [0.15, 0.2) is 0 Å². The summed E-state index contributed by atoms with van der Waals surface area (Å²) in [6, 6.07) is 4.58. The zero-order valence-electron chi connectivity index (χ0n) is 12.5. The lowest BCUT2D eigenvalue weighted by Crippen LogP contribution is -2.41. The van der Waals surface area contributed by atoms with Crippen molar-refractivity contribution >= 4 is 22.5 Å². The second-order valence-electron chi connectivity index (χ2n) is 7.03. The van der Waals surface area contributed by atoms with Crippen LogP contribution in [0.2, 0.25) is 0 Å². The van der Waals surface area contributed by atoms with Crippen LogP contribution in [-0.2, 0) is 10.2 Å². The van der Waals surface area contributed by atoms with E-state index in [1.807, 2.05) is 0 Å². The van der Waals surface area contributed by atoms with Crippen molar-refractivity contribution in [3.05, 3.63) is 34.1 Å². The standard InChI is InChI=1S/C16H17N3O3/c1-15(2)9-5-6-16(15,13(20)7-9)14-17-11-4-3-10(19(21)22)8-12(11)18-14/h3-4,8-9H,5-7H2,1-2H3,(H,17,18). The van der Waals surface area contributed by atoms with Crippen molar-refractivity contribution in [2.75, 3.05) is 0 Å². The third kappa shape index (κ3) is 1.40. The maximum Gasteiger partial charge on any atom is 0.271 e. The number of ketones is 1. The predicted molar refractivity (Wildman–Crippen MR) is 80.6 cm³/mol. The summed E-state index contributed by atoms with van der Waals surface area (Å²) in [5.74, 6) is 1.34. The van der Waals surface area contributed by atoms with Gasteiger partial charge in [-0.2, -0.15) is 0 Å². The summed E-state index contributed by atoms with van der Waals surface area (Å²) in [5, 5.41) is 10.9. The summed E-state index contributed by atoms with van der Waals surface area (Å²) in [4.78, 5) is 31.0. The highest BCUT2D eigenvalue weighted by molar-refractivity contribution is 5.95. The highest BCUT2D eigenvalue weighted by Gasteiger charge is 2.66. The van der Waals surface area contributed by atoms with Crippen LogP contribution in [0.1, 0.15) is 38.9 Å². The SMILES string of the molecule is CC1(C)C2CCC1(c1nc3ccc([N+](=O)[O-])cc3[nH]1)C(=O)C2. The lowest BCUT2D eigenvalue weighted by molar-refractivity contribution is -0.384. The summed E-state index contributed by atoms with van der Waals surface area (Å²) in [6.07, 6.45) is 2.46. The number of nitro groups is 1. The third-order valence-corrected chi connectivity index (χ3v) is 5.98. The number of imidazole rings is 1. The fourth-order valence-corrected chi connectivity index (χ4v) is 4.55. The normalized spacial score (nSPS) is 29.4. The number of nitro benzene ring substituents is 1. The molecule has 2 saturated carbocycles. The smallest absolute Gasteiger partial charge is 0.271 e. The van der Waals surface area contributed by atoms with Crippen LogP contribution in [0.5, 0.6) is 0 Å². The Morgan fingerprint density at radius 3 is 2.77 bits per heavy atom. The Bertz CT molecular complexity index is 823. The minimum absolute atomic E-state index is 0.0292. The molecule has 22 heavy (non-hydrogen) atoms. The molecule has 6 nitrogen and oxygen atoms in total. The molecule has 4 rings (SSSR count). The predicted octanol–water partition coefficient (Wildman–Crippen LogP) is 3.12. The number of rotatable bonds is 2. The zero-order valence-corrected chi connectivity index (χ0v) is 12.5. The van der Waals surface area contributed by atoms with Gasteiger partial charge in [-0.1, -0.05) is 13.8 Å². The van der Waals surface area contributed by atoms with E-state index in [1.165, 1.54) is 12.1 Å². The Morgan fingerprint density at radius 2 is 2.18 bits per heavy atom. The number of nitrogens with one attached hydrogen (secondary N) is 1. The van der Waals surface area contributed by atoms with Gasteiger partial charge in [-0.25, -0.2) is 4.98 Å². The molecule has 2 atom stereocenters. The first kappa shape index (κ1) is 13.4. The van der Waals surface area contributed by atoms with Crippen molar-refractivity contribution in [2.24, 2.45) is 11.3 Å². The lowest BCUT2D eigenvalue weighted by atomic mass is 9.68. The molecule has 2 bridgehead atoms. The van der Waals surface area contributed by atoms with Crippen molar-refractivity contribution < 1.29 is 9.72 Å². The Kier molecular flexibility index (Phi) is 2.40. The van der Waals surface area contributed by atoms with Crippen LogP contribution in [0.4, 0.5) is 5.69 Å². The third-order valence-electron chi connectivity index (χ3n) is 5.98. The molecule has 1 heterocycles. The monoisotopic (exact) mass is 299 g/mol. The number of fused-ring (bicyclic) bond motifs is 3. The highest BCUT2D eigenvalue weighted by atomic mass is 16.6. The molecule has 0 amide bonds.